The van der Waals surface area contributed by atoms with Crippen molar-refractivity contribution in [3.05, 3.63) is 74.9 Å². The number of benzene rings is 2. The van der Waals surface area contributed by atoms with E-state index in [2.05, 4.69) is 36.9 Å². The molecule has 0 radical (unpaired) electrons. The summed E-state index contributed by atoms with van der Waals surface area (Å²) in [4.78, 5) is 16.0. The van der Waals surface area contributed by atoms with Gasteiger partial charge in [0.25, 0.3) is 5.91 Å². The van der Waals surface area contributed by atoms with Crippen molar-refractivity contribution in [2.24, 2.45) is 0 Å². The molecule has 0 aliphatic heterocycles. The molecule has 5 nitrogen and oxygen atoms in total. The van der Waals surface area contributed by atoms with Gasteiger partial charge in [0.15, 0.2) is 5.11 Å². The van der Waals surface area contributed by atoms with Gasteiger partial charge in [0.1, 0.15) is 11.5 Å². The Morgan fingerprint density at radius 3 is 2.46 bits per heavy atom. The molecule has 0 aliphatic carbocycles. The summed E-state index contributed by atoms with van der Waals surface area (Å²) in [6.07, 6.45) is 0. The summed E-state index contributed by atoms with van der Waals surface area (Å²) in [6.45, 7) is 1.93. The standard InChI is InChI=1S/C19H16BrFN4OS2/c1-11(15-7-2-12(21)8-16(15)20)23-19(27)25-14-5-3-13(4-6-14)24-18(26)17-9-28-10-22-17/h2-11H,1H3,(H,24,26)(H2,23,25,27). The molecular formula is C19H16BrFN4OS2. The lowest BCUT2D eigenvalue weighted by atomic mass is 10.1. The van der Waals surface area contributed by atoms with Gasteiger partial charge >= 0.3 is 0 Å². The summed E-state index contributed by atoms with van der Waals surface area (Å²) in [5.74, 6) is -0.552. The van der Waals surface area contributed by atoms with Crippen LogP contribution >= 0.6 is 39.5 Å². The number of hydrogen-bond donors (Lipinski definition) is 3. The minimum absolute atomic E-state index is 0.119. The molecule has 0 spiro atoms. The van der Waals surface area contributed by atoms with E-state index in [1.165, 1.54) is 23.5 Å². The monoisotopic (exact) mass is 478 g/mol. The lowest BCUT2D eigenvalue weighted by Crippen LogP contribution is -2.31. The maximum atomic E-state index is 13.2. The largest absolute Gasteiger partial charge is 0.356 e. The fourth-order valence-corrected chi connectivity index (χ4v) is 3.97. The summed E-state index contributed by atoms with van der Waals surface area (Å²) >= 11 is 10.1. The first-order valence-electron chi connectivity index (χ1n) is 8.24. The normalized spacial score (nSPS) is 11.5. The molecule has 3 rings (SSSR count). The van der Waals surface area contributed by atoms with Crippen LogP contribution in [0.3, 0.4) is 0 Å². The molecule has 0 saturated heterocycles. The van der Waals surface area contributed by atoms with Crippen LogP contribution in [-0.2, 0) is 0 Å². The highest BCUT2D eigenvalue weighted by Crippen LogP contribution is 2.24. The SMILES string of the molecule is CC(NC(=S)Nc1ccc(NC(=O)c2cscn2)cc1)c1ccc(F)cc1Br. The second-order valence-electron chi connectivity index (χ2n) is 5.89. The molecule has 1 amide bonds. The van der Waals surface area contributed by atoms with E-state index in [1.807, 2.05) is 19.1 Å². The molecule has 1 aromatic heterocycles. The fraction of sp³-hybridized carbons (Fsp3) is 0.105. The smallest absolute Gasteiger partial charge is 0.275 e. The average molecular weight is 479 g/mol. The Balaban J connectivity index is 1.56. The number of aromatic nitrogens is 1. The third-order valence-corrected chi connectivity index (χ3v) is 5.34. The molecule has 3 N–H and O–H groups in total. The van der Waals surface area contributed by atoms with Crippen LogP contribution in [0.5, 0.6) is 0 Å². The number of thiazole rings is 1. The average Bonchev–Trinajstić information content (AvgIpc) is 3.18. The lowest BCUT2D eigenvalue weighted by Gasteiger charge is -2.18. The van der Waals surface area contributed by atoms with Gasteiger partial charge in [0.2, 0.25) is 0 Å². The first kappa shape index (κ1) is 20.4. The molecule has 0 saturated carbocycles. The van der Waals surface area contributed by atoms with E-state index in [-0.39, 0.29) is 17.8 Å². The van der Waals surface area contributed by atoms with Crippen LogP contribution in [0.15, 0.2) is 57.8 Å². The van der Waals surface area contributed by atoms with Crippen molar-refractivity contribution in [1.82, 2.24) is 10.3 Å². The maximum Gasteiger partial charge on any atom is 0.275 e. The zero-order valence-electron chi connectivity index (χ0n) is 14.7. The van der Waals surface area contributed by atoms with Gasteiger partial charge in [-0.3, -0.25) is 4.79 Å². The zero-order chi connectivity index (χ0) is 20.1. The third-order valence-electron chi connectivity index (χ3n) is 3.84. The number of anilines is 2. The van der Waals surface area contributed by atoms with Crippen LogP contribution in [0.25, 0.3) is 0 Å². The highest BCUT2D eigenvalue weighted by molar-refractivity contribution is 9.10. The Kier molecular flexibility index (Phi) is 6.71. The van der Waals surface area contributed by atoms with Gasteiger partial charge in [-0.05, 0) is 61.1 Å². The quantitative estimate of drug-likeness (QED) is 0.431. The van der Waals surface area contributed by atoms with E-state index in [9.17, 15) is 9.18 Å². The van der Waals surface area contributed by atoms with E-state index in [0.717, 1.165) is 11.3 Å². The third kappa shape index (κ3) is 5.34. The topological polar surface area (TPSA) is 66.0 Å². The summed E-state index contributed by atoms with van der Waals surface area (Å²) in [5, 5.41) is 11.2. The van der Waals surface area contributed by atoms with Crippen molar-refractivity contribution >= 4 is 61.9 Å². The molecule has 9 heteroatoms. The number of halogens is 2. The number of carbonyl (C=O) groups excluding carboxylic acids is 1. The van der Waals surface area contributed by atoms with Gasteiger partial charge in [0.05, 0.1) is 11.6 Å². The van der Waals surface area contributed by atoms with Crippen molar-refractivity contribution in [2.45, 2.75) is 13.0 Å². The molecule has 28 heavy (non-hydrogen) atoms. The Morgan fingerprint density at radius 1 is 1.18 bits per heavy atom. The van der Waals surface area contributed by atoms with Crippen LogP contribution in [0.4, 0.5) is 15.8 Å². The molecule has 0 aliphatic rings. The number of rotatable bonds is 5. The number of carbonyl (C=O) groups is 1. The van der Waals surface area contributed by atoms with E-state index < -0.39 is 0 Å². The zero-order valence-corrected chi connectivity index (χ0v) is 17.9. The Morgan fingerprint density at radius 2 is 1.86 bits per heavy atom. The predicted octanol–water partition coefficient (Wildman–Crippen LogP) is 5.34. The van der Waals surface area contributed by atoms with E-state index in [4.69, 9.17) is 12.2 Å². The first-order chi connectivity index (χ1) is 13.4. The van der Waals surface area contributed by atoms with Gasteiger partial charge < -0.3 is 16.0 Å². The van der Waals surface area contributed by atoms with Crippen LogP contribution in [0, 0.1) is 5.82 Å². The Hall–Kier alpha value is -2.36. The van der Waals surface area contributed by atoms with Crippen LogP contribution in [-0.4, -0.2) is 16.0 Å². The highest BCUT2D eigenvalue weighted by Gasteiger charge is 2.12. The number of nitrogens with zero attached hydrogens (tertiary/aromatic N) is 1. The van der Waals surface area contributed by atoms with Gasteiger partial charge in [-0.2, -0.15) is 0 Å². The minimum Gasteiger partial charge on any atom is -0.356 e. The minimum atomic E-state index is -0.300. The predicted molar refractivity (Wildman–Crippen MR) is 118 cm³/mol. The molecule has 1 heterocycles. The van der Waals surface area contributed by atoms with Crippen LogP contribution in [0.1, 0.15) is 29.0 Å². The van der Waals surface area contributed by atoms with Gasteiger partial charge in [-0.1, -0.05) is 22.0 Å². The number of nitrogens with one attached hydrogen (secondary N) is 3. The van der Waals surface area contributed by atoms with Gasteiger partial charge in [0, 0.05) is 21.2 Å². The summed E-state index contributed by atoms with van der Waals surface area (Å²) in [7, 11) is 0. The van der Waals surface area contributed by atoms with E-state index >= 15 is 0 Å². The lowest BCUT2D eigenvalue weighted by molar-refractivity contribution is 0.102. The Labute approximate surface area is 179 Å². The number of hydrogen-bond acceptors (Lipinski definition) is 4. The summed E-state index contributed by atoms with van der Waals surface area (Å²) < 4.78 is 13.9. The molecule has 144 valence electrons. The number of amides is 1. The summed E-state index contributed by atoms with van der Waals surface area (Å²) in [5.41, 5.74) is 4.33. The van der Waals surface area contributed by atoms with Crippen molar-refractivity contribution in [2.75, 3.05) is 10.6 Å². The molecule has 2 aromatic carbocycles. The molecule has 0 bridgehead atoms. The van der Waals surface area contributed by atoms with Crippen LogP contribution in [0.2, 0.25) is 0 Å². The molecular weight excluding hydrogens is 463 g/mol. The van der Waals surface area contributed by atoms with Gasteiger partial charge in [-0.25, -0.2) is 9.37 Å². The van der Waals surface area contributed by atoms with E-state index in [0.29, 0.717) is 21.0 Å². The number of thiocarbonyl (C=S) groups is 1. The van der Waals surface area contributed by atoms with E-state index in [1.54, 1.807) is 29.1 Å². The second kappa shape index (κ2) is 9.22. The van der Waals surface area contributed by atoms with Gasteiger partial charge in [-0.15, -0.1) is 11.3 Å². The van der Waals surface area contributed by atoms with Crippen molar-refractivity contribution in [3.8, 4) is 0 Å². The van der Waals surface area contributed by atoms with Crippen molar-refractivity contribution in [1.29, 1.82) is 0 Å². The Bertz CT molecular complexity index is 980. The highest BCUT2D eigenvalue weighted by atomic mass is 79.9. The second-order valence-corrected chi connectivity index (χ2v) is 7.87. The maximum absolute atomic E-state index is 13.2. The first-order valence-corrected chi connectivity index (χ1v) is 10.4. The molecule has 0 fully saturated rings. The van der Waals surface area contributed by atoms with Crippen molar-refractivity contribution in [3.63, 3.8) is 0 Å². The molecule has 3 aromatic rings. The van der Waals surface area contributed by atoms with Crippen molar-refractivity contribution < 1.29 is 9.18 Å². The molecule has 1 unspecified atom stereocenters. The summed E-state index contributed by atoms with van der Waals surface area (Å²) in [6, 6.07) is 11.6. The van der Waals surface area contributed by atoms with Crippen LogP contribution < -0.4 is 16.0 Å². The fourth-order valence-electron chi connectivity index (χ4n) is 2.45. The molecule has 1 atom stereocenters.